The van der Waals surface area contributed by atoms with E-state index in [2.05, 4.69) is 10.2 Å². The maximum Gasteiger partial charge on any atom is 0.243 e. The van der Waals surface area contributed by atoms with Crippen molar-refractivity contribution in [1.29, 1.82) is 0 Å². The fourth-order valence-electron chi connectivity index (χ4n) is 3.53. The molecular weight excluding hydrogens is 422 g/mol. The second kappa shape index (κ2) is 9.21. The van der Waals surface area contributed by atoms with Gasteiger partial charge in [-0.1, -0.05) is 11.6 Å². The van der Waals surface area contributed by atoms with Gasteiger partial charge in [-0.3, -0.25) is 13.9 Å². The van der Waals surface area contributed by atoms with Crippen LogP contribution in [0.1, 0.15) is 26.2 Å². The van der Waals surface area contributed by atoms with Crippen LogP contribution in [0, 0.1) is 0 Å². The molecule has 1 aromatic carbocycles. The van der Waals surface area contributed by atoms with Crippen molar-refractivity contribution in [3.63, 3.8) is 0 Å². The number of carbonyl (C=O) groups is 1. The predicted octanol–water partition coefficient (Wildman–Crippen LogP) is 1.91. The molecule has 0 saturated carbocycles. The quantitative estimate of drug-likeness (QED) is 0.719. The standard InChI is InChI=1S/C18H26ClN3O4S2/c1-14-13-27(24)11-10-21(14)9-6-18(23)20-17-12-15(4-5-16(17)19)28(25,26)22-7-2-3-8-22/h4-5,12,14H,2-3,6-11,13H2,1H3,(H,20,23)/t14-,27-/m0/s1. The number of carbonyl (C=O) groups excluding carboxylic acids is 1. The van der Waals surface area contributed by atoms with Crippen molar-refractivity contribution in [3.8, 4) is 0 Å². The van der Waals surface area contributed by atoms with E-state index in [4.69, 9.17) is 11.6 Å². The average Bonchev–Trinajstić information content (AvgIpc) is 3.18. The van der Waals surface area contributed by atoms with E-state index < -0.39 is 20.8 Å². The molecule has 0 aliphatic carbocycles. The number of sulfonamides is 1. The summed E-state index contributed by atoms with van der Waals surface area (Å²) in [6.07, 6.45) is 1.98. The Balaban J connectivity index is 1.63. The lowest BCUT2D eigenvalue weighted by molar-refractivity contribution is -0.116. The van der Waals surface area contributed by atoms with Crippen LogP contribution in [0.2, 0.25) is 5.02 Å². The highest BCUT2D eigenvalue weighted by Gasteiger charge is 2.28. The van der Waals surface area contributed by atoms with Crippen molar-refractivity contribution in [2.24, 2.45) is 0 Å². The zero-order valence-electron chi connectivity index (χ0n) is 15.9. The number of hydrogen-bond donors (Lipinski definition) is 1. The van der Waals surface area contributed by atoms with Crippen molar-refractivity contribution in [1.82, 2.24) is 9.21 Å². The normalized spacial score (nSPS) is 24.4. The van der Waals surface area contributed by atoms with Crippen molar-refractivity contribution in [2.45, 2.75) is 37.1 Å². The molecule has 2 aliphatic heterocycles. The highest BCUT2D eigenvalue weighted by Crippen LogP contribution is 2.28. The van der Waals surface area contributed by atoms with Gasteiger partial charge in [0.25, 0.3) is 0 Å². The Bertz CT molecular complexity index is 856. The second-order valence-corrected chi connectivity index (χ2v) is 11.2. The third-order valence-corrected chi connectivity index (χ3v) is 8.91. The summed E-state index contributed by atoms with van der Waals surface area (Å²) < 4.78 is 38.5. The summed E-state index contributed by atoms with van der Waals surface area (Å²) in [6, 6.07) is 4.59. The fraction of sp³-hybridized carbons (Fsp3) is 0.611. The van der Waals surface area contributed by atoms with Crippen LogP contribution in [0.3, 0.4) is 0 Å². The number of nitrogens with zero attached hydrogens (tertiary/aromatic N) is 2. The maximum atomic E-state index is 12.7. The van der Waals surface area contributed by atoms with Crippen LogP contribution < -0.4 is 5.32 Å². The summed E-state index contributed by atoms with van der Waals surface area (Å²) >= 11 is 6.17. The molecule has 3 rings (SSSR count). The van der Waals surface area contributed by atoms with Crippen LogP contribution in [-0.4, -0.2) is 71.5 Å². The molecular formula is C18H26ClN3O4S2. The summed E-state index contributed by atoms with van der Waals surface area (Å²) in [7, 11) is -4.34. The lowest BCUT2D eigenvalue weighted by Gasteiger charge is -2.32. The number of nitrogens with one attached hydrogen (secondary N) is 1. The molecule has 2 aliphatic rings. The first-order valence-corrected chi connectivity index (χ1v) is 12.8. The Morgan fingerprint density at radius 2 is 2.00 bits per heavy atom. The Kier molecular flexibility index (Phi) is 7.14. The molecule has 2 heterocycles. The lowest BCUT2D eigenvalue weighted by atomic mass is 10.2. The van der Waals surface area contributed by atoms with E-state index in [9.17, 15) is 17.4 Å². The van der Waals surface area contributed by atoms with Crippen molar-refractivity contribution in [2.75, 3.05) is 43.0 Å². The molecule has 0 spiro atoms. The second-order valence-electron chi connectivity index (χ2n) is 7.25. The smallest absolute Gasteiger partial charge is 0.243 e. The molecule has 10 heteroatoms. The number of benzene rings is 1. The number of hydrogen-bond acceptors (Lipinski definition) is 5. The minimum atomic E-state index is -3.57. The molecule has 1 N–H and O–H groups in total. The minimum Gasteiger partial charge on any atom is -0.325 e. The number of halogens is 1. The third-order valence-electron chi connectivity index (χ3n) is 5.20. The molecule has 2 saturated heterocycles. The summed E-state index contributed by atoms with van der Waals surface area (Å²) in [5, 5.41) is 3.04. The van der Waals surface area contributed by atoms with Crippen LogP contribution in [0.5, 0.6) is 0 Å². The van der Waals surface area contributed by atoms with E-state index in [-0.39, 0.29) is 23.3 Å². The van der Waals surface area contributed by atoms with Gasteiger partial charge in [-0.05, 0) is 38.0 Å². The first-order valence-electron chi connectivity index (χ1n) is 9.46. The molecule has 1 amide bonds. The molecule has 28 heavy (non-hydrogen) atoms. The van der Waals surface area contributed by atoms with E-state index in [0.717, 1.165) is 12.8 Å². The molecule has 1 aromatic rings. The molecule has 0 bridgehead atoms. The van der Waals surface area contributed by atoms with Crippen LogP contribution in [0.15, 0.2) is 23.1 Å². The van der Waals surface area contributed by atoms with Gasteiger partial charge in [0.15, 0.2) is 0 Å². The Hall–Kier alpha value is -1.00. The molecule has 0 radical (unpaired) electrons. The van der Waals surface area contributed by atoms with Gasteiger partial charge in [0, 0.05) is 60.9 Å². The summed E-state index contributed by atoms with van der Waals surface area (Å²) in [4.78, 5) is 14.7. The zero-order valence-corrected chi connectivity index (χ0v) is 18.3. The van der Waals surface area contributed by atoms with Gasteiger partial charge < -0.3 is 5.32 Å². The van der Waals surface area contributed by atoms with Crippen LogP contribution >= 0.6 is 11.6 Å². The molecule has 2 fully saturated rings. The largest absolute Gasteiger partial charge is 0.325 e. The molecule has 7 nitrogen and oxygen atoms in total. The van der Waals surface area contributed by atoms with Gasteiger partial charge >= 0.3 is 0 Å². The van der Waals surface area contributed by atoms with E-state index in [0.29, 0.717) is 48.4 Å². The van der Waals surface area contributed by atoms with Crippen molar-refractivity contribution < 1.29 is 17.4 Å². The van der Waals surface area contributed by atoms with E-state index in [1.807, 2.05) is 6.92 Å². The van der Waals surface area contributed by atoms with Gasteiger partial charge in [-0.2, -0.15) is 4.31 Å². The monoisotopic (exact) mass is 447 g/mol. The van der Waals surface area contributed by atoms with Crippen LogP contribution in [0.4, 0.5) is 5.69 Å². The van der Waals surface area contributed by atoms with Crippen molar-refractivity contribution >= 4 is 44.0 Å². The summed E-state index contributed by atoms with van der Waals surface area (Å²) in [5.41, 5.74) is 0.305. The van der Waals surface area contributed by atoms with Gasteiger partial charge in [-0.15, -0.1) is 0 Å². The molecule has 0 aromatic heterocycles. The highest BCUT2D eigenvalue weighted by atomic mass is 35.5. The Morgan fingerprint density at radius 1 is 1.29 bits per heavy atom. The van der Waals surface area contributed by atoms with E-state index in [1.54, 1.807) is 0 Å². The Labute approximate surface area is 173 Å². The first kappa shape index (κ1) is 21.7. The zero-order chi connectivity index (χ0) is 20.3. The van der Waals surface area contributed by atoms with Crippen molar-refractivity contribution in [3.05, 3.63) is 23.2 Å². The first-order chi connectivity index (χ1) is 13.3. The van der Waals surface area contributed by atoms with E-state index >= 15 is 0 Å². The number of rotatable bonds is 6. The summed E-state index contributed by atoms with van der Waals surface area (Å²) in [5.74, 6) is 1.04. The lowest BCUT2D eigenvalue weighted by Crippen LogP contribution is -2.45. The van der Waals surface area contributed by atoms with Gasteiger partial charge in [0.2, 0.25) is 15.9 Å². The summed E-state index contributed by atoms with van der Waals surface area (Å²) in [6.45, 7) is 4.33. The van der Waals surface area contributed by atoms with Gasteiger partial charge in [0.1, 0.15) is 0 Å². The van der Waals surface area contributed by atoms with Gasteiger partial charge in [-0.25, -0.2) is 8.42 Å². The molecule has 2 atom stereocenters. The Morgan fingerprint density at radius 3 is 2.68 bits per heavy atom. The fourth-order valence-corrected chi connectivity index (χ4v) is 6.59. The topological polar surface area (TPSA) is 86.8 Å². The van der Waals surface area contributed by atoms with Gasteiger partial charge in [0.05, 0.1) is 15.6 Å². The maximum absolute atomic E-state index is 12.7. The SMILES string of the molecule is C[C@H]1C[S@@](=O)CCN1CCC(=O)Nc1cc(S(=O)(=O)N2CCCC2)ccc1Cl. The molecule has 156 valence electrons. The minimum absolute atomic E-state index is 0.140. The number of anilines is 1. The number of amides is 1. The highest BCUT2D eigenvalue weighted by molar-refractivity contribution is 7.89. The molecule has 0 unspecified atom stereocenters. The van der Waals surface area contributed by atoms with Crippen LogP contribution in [-0.2, 0) is 25.6 Å². The predicted molar refractivity (Wildman–Crippen MR) is 112 cm³/mol. The average molecular weight is 448 g/mol. The van der Waals surface area contributed by atoms with Crippen LogP contribution in [0.25, 0.3) is 0 Å². The van der Waals surface area contributed by atoms with E-state index in [1.165, 1.54) is 22.5 Å². The third kappa shape index (κ3) is 5.13.